The molecule has 0 aromatic heterocycles. The molecule has 6 heterocycles. The molecule has 28 heteroatoms. The second kappa shape index (κ2) is 31.1. The Morgan fingerprint density at radius 1 is 0.531 bits per heavy atom. The van der Waals surface area contributed by atoms with Crippen LogP contribution < -0.4 is 0 Å². The van der Waals surface area contributed by atoms with E-state index >= 15 is 0 Å². The largest absolute Gasteiger partial charge is 0.462 e. The van der Waals surface area contributed by atoms with Crippen molar-refractivity contribution in [1.82, 2.24) is 0 Å². The van der Waals surface area contributed by atoms with Crippen LogP contribution in [0, 0.1) is 34.5 Å². The first-order chi connectivity index (χ1) is 45.4. The molecule has 0 unspecified atom stereocenters. The Bertz CT molecular complexity index is 2530. The van der Waals surface area contributed by atoms with E-state index in [1.807, 2.05) is 34.6 Å². The van der Waals surface area contributed by atoms with Crippen LogP contribution in [0.4, 0.5) is 0 Å². The molecule has 96 heavy (non-hydrogen) atoms. The summed E-state index contributed by atoms with van der Waals surface area (Å²) < 4.78 is 112. The third-order valence-electron chi connectivity index (χ3n) is 24.5. The van der Waals surface area contributed by atoms with Gasteiger partial charge in [-0.2, -0.15) is 0 Å². The number of carbonyl (C=O) groups excluding carboxylic acids is 2. The highest BCUT2D eigenvalue weighted by Crippen LogP contribution is 2.71. The van der Waals surface area contributed by atoms with Gasteiger partial charge >= 0.3 is 11.9 Å². The molecule has 4 aliphatic carbocycles. The first kappa shape index (κ1) is 76.6. The van der Waals surface area contributed by atoms with E-state index in [-0.39, 0.29) is 73.7 Å². The van der Waals surface area contributed by atoms with Crippen molar-refractivity contribution in [2.45, 2.75) is 349 Å². The zero-order chi connectivity index (χ0) is 69.8. The van der Waals surface area contributed by atoms with Crippen LogP contribution in [0.1, 0.15) is 160 Å². The van der Waals surface area contributed by atoms with Gasteiger partial charge in [0.25, 0.3) is 0 Å². The average Bonchev–Trinajstić information content (AvgIpc) is 1.40. The SMILES string of the molecule is CC[C@@H](C)C(=O)O[C@@H](C)[C@]1(O)CC[C@]2(O)[C@@H]3CC[C@H]4C[C@@H](O[C@H]5C[C@H](O)[C@H](O[C@H]6C[C@H](OC)[C@H](O[C@H]7C[C@@H](OC)[C@H](O[C@H]8C[C@@H](OC)[C@H](O[C@@H]9O[C@H](C)[C@@H](O[C@@H]%10O[C@H](CO)[C@@H](O)[C@H](O)[C@H]%10O)[C@H](OC)[C@H]9O)[C@@H](C)O8)[C@@H](C)O7)[C@@H](C)O6)[C@@H](C)O5)CC[C@]4(C)[C@H]3C[C@@H](OC(C)=O)[C@]12C. The number of rotatable bonds is 22. The fourth-order valence-corrected chi connectivity index (χ4v) is 18.5. The second-order valence-corrected chi connectivity index (χ2v) is 29.8. The Hall–Kier alpha value is -2.02. The predicted octanol–water partition coefficient (Wildman–Crippen LogP) is 2.57. The minimum atomic E-state index is -1.68. The van der Waals surface area contributed by atoms with E-state index in [0.717, 1.165) is 25.7 Å². The minimum Gasteiger partial charge on any atom is -0.462 e. The van der Waals surface area contributed by atoms with E-state index in [0.29, 0.717) is 19.3 Å². The van der Waals surface area contributed by atoms with Crippen molar-refractivity contribution in [3.63, 3.8) is 0 Å². The summed E-state index contributed by atoms with van der Waals surface area (Å²) in [5.41, 5.74) is -4.57. The standard InChI is InChI=1S/C68H114O28/c1-16-30(2)62(76)88-36(8)67(77)21-22-68(78)40-18-17-38-23-39(19-20-65(38,10)41(40)24-47(66(67,68)11)89-37(9)70)90-48-25-42(71)56(31(3)83-48)92-49-26-43(79-12)57(32(4)84-49)93-50-27-44(80-13)58(33(5)85-50)94-51-28-45(81-14)59(34(6)86-51)95-64-55(75)61(82-15)60(35(7)87-64)96-63-54(74)53(73)52(72)46(29-69)91-63/h30-36,38-61,63-64,69,71-75,77-78H,16-29H2,1-15H3/t30-,31-,32-,33-,34-,35-,36+,38+,39+,40-,41+,42+,43+,44-,45-,46-,47-,48+,49+,50+,51+,52-,53+,54-,55-,56-,57-,58-,59-,60-,61-,63+,64+,65+,66-,67-,68+/m1/s1. The van der Waals surface area contributed by atoms with Crippen LogP contribution in [0.15, 0.2) is 0 Å². The van der Waals surface area contributed by atoms with Crippen molar-refractivity contribution < 1.29 is 136 Å². The first-order valence-electron chi connectivity index (χ1n) is 35.2. The molecule has 8 N–H and O–H groups in total. The van der Waals surface area contributed by atoms with Gasteiger partial charge in [0.15, 0.2) is 37.7 Å². The summed E-state index contributed by atoms with van der Waals surface area (Å²) in [7, 11) is 6.08. The number of esters is 2. The van der Waals surface area contributed by atoms with Crippen LogP contribution in [-0.2, 0) is 94.9 Å². The van der Waals surface area contributed by atoms with Crippen molar-refractivity contribution >= 4 is 11.9 Å². The molecule has 0 amide bonds. The molecule has 6 aliphatic heterocycles. The monoisotopic (exact) mass is 1380 g/mol. The molecule has 0 radical (unpaired) electrons. The van der Waals surface area contributed by atoms with E-state index in [4.69, 9.17) is 85.3 Å². The average molecular weight is 1380 g/mol. The van der Waals surface area contributed by atoms with Gasteiger partial charge in [0, 0.05) is 61.0 Å². The zero-order valence-electron chi connectivity index (χ0n) is 58.7. The normalized spacial score (nSPS) is 51.3. The van der Waals surface area contributed by atoms with Gasteiger partial charge in [0.2, 0.25) is 0 Å². The number of fused-ring (bicyclic) bond motifs is 5. The molecular weight excluding hydrogens is 1260 g/mol. The van der Waals surface area contributed by atoms with Crippen LogP contribution in [0.3, 0.4) is 0 Å². The third-order valence-corrected chi connectivity index (χ3v) is 24.5. The number of aliphatic hydroxyl groups is 8. The Morgan fingerprint density at radius 2 is 1.04 bits per heavy atom. The Balaban J connectivity index is 0.683. The van der Waals surface area contributed by atoms with Gasteiger partial charge in [-0.05, 0) is 122 Å². The zero-order valence-corrected chi connectivity index (χ0v) is 58.7. The lowest BCUT2D eigenvalue weighted by Crippen LogP contribution is -2.72. The van der Waals surface area contributed by atoms with Crippen molar-refractivity contribution in [3.05, 3.63) is 0 Å². The maximum atomic E-state index is 13.1. The second-order valence-electron chi connectivity index (χ2n) is 29.8. The van der Waals surface area contributed by atoms with Gasteiger partial charge in [0.1, 0.15) is 85.0 Å². The highest BCUT2D eigenvalue weighted by molar-refractivity contribution is 5.72. The lowest BCUT2D eigenvalue weighted by molar-refractivity contribution is -0.374. The number of carbonyl (C=O) groups is 2. The molecule has 6 saturated heterocycles. The highest BCUT2D eigenvalue weighted by Gasteiger charge is 2.77. The molecule has 554 valence electrons. The van der Waals surface area contributed by atoms with Crippen LogP contribution >= 0.6 is 0 Å². The Labute approximate surface area is 564 Å². The minimum absolute atomic E-state index is 0.0194. The van der Waals surface area contributed by atoms with Crippen molar-refractivity contribution in [1.29, 1.82) is 0 Å². The Morgan fingerprint density at radius 3 is 1.56 bits per heavy atom. The lowest BCUT2D eigenvalue weighted by Gasteiger charge is -2.66. The van der Waals surface area contributed by atoms with Crippen molar-refractivity contribution in [2.75, 3.05) is 35.0 Å². The van der Waals surface area contributed by atoms with Gasteiger partial charge in [0.05, 0.1) is 84.6 Å². The summed E-state index contributed by atoms with van der Waals surface area (Å²) in [6.45, 7) is 19.3. The van der Waals surface area contributed by atoms with E-state index in [1.54, 1.807) is 41.9 Å². The molecule has 10 fully saturated rings. The van der Waals surface area contributed by atoms with Gasteiger partial charge in [-0.15, -0.1) is 0 Å². The molecule has 0 aromatic rings. The predicted molar refractivity (Wildman–Crippen MR) is 332 cm³/mol. The lowest BCUT2D eigenvalue weighted by atomic mass is 9.42. The number of ether oxygens (including phenoxy) is 18. The first-order valence-corrected chi connectivity index (χ1v) is 35.2. The smallest absolute Gasteiger partial charge is 0.309 e. The summed E-state index contributed by atoms with van der Waals surface area (Å²) in [5, 5.41) is 90.1. The molecule has 28 nitrogen and oxygen atoms in total. The molecule has 4 saturated carbocycles. The molecule has 37 atom stereocenters. The number of methoxy groups -OCH3 is 4. The maximum Gasteiger partial charge on any atom is 0.309 e. The molecular formula is C68H114O28. The summed E-state index contributed by atoms with van der Waals surface area (Å²) in [6, 6.07) is 0. The highest BCUT2D eigenvalue weighted by atomic mass is 16.8. The van der Waals surface area contributed by atoms with Gasteiger partial charge in [-0.1, -0.05) is 27.7 Å². The van der Waals surface area contributed by atoms with Gasteiger partial charge < -0.3 is 126 Å². The molecule has 0 aromatic carbocycles. The van der Waals surface area contributed by atoms with E-state index in [1.165, 1.54) is 21.1 Å². The van der Waals surface area contributed by atoms with Crippen LogP contribution in [0.5, 0.6) is 0 Å². The topological polar surface area (TPSA) is 362 Å². The summed E-state index contributed by atoms with van der Waals surface area (Å²) in [4.78, 5) is 25.9. The molecule has 0 spiro atoms. The number of aliphatic hydroxyl groups excluding tert-OH is 6. The van der Waals surface area contributed by atoms with Crippen LogP contribution in [-0.4, -0.2) is 277 Å². The van der Waals surface area contributed by atoms with Crippen molar-refractivity contribution in [2.24, 2.45) is 34.5 Å². The molecule has 10 aliphatic rings. The van der Waals surface area contributed by atoms with E-state index in [2.05, 4.69) is 6.92 Å². The van der Waals surface area contributed by atoms with Crippen LogP contribution in [0.2, 0.25) is 0 Å². The van der Waals surface area contributed by atoms with Crippen LogP contribution in [0.25, 0.3) is 0 Å². The fraction of sp³-hybridized carbons (Fsp3) is 0.971. The summed E-state index contributed by atoms with van der Waals surface area (Å²) in [5.74, 6) is -1.24. The number of hydrogen-bond donors (Lipinski definition) is 8. The fourth-order valence-electron chi connectivity index (χ4n) is 18.5. The van der Waals surface area contributed by atoms with E-state index in [9.17, 15) is 50.4 Å². The summed E-state index contributed by atoms with van der Waals surface area (Å²) >= 11 is 0. The third kappa shape index (κ3) is 14.6. The van der Waals surface area contributed by atoms with Gasteiger partial charge in [-0.3, -0.25) is 9.59 Å². The molecule has 10 rings (SSSR count). The summed E-state index contributed by atoms with van der Waals surface area (Å²) in [6.07, 6.45) is -19.5. The Kier molecular flexibility index (Phi) is 24.8. The van der Waals surface area contributed by atoms with E-state index < -0.39 is 207 Å². The molecule has 0 bridgehead atoms. The maximum absolute atomic E-state index is 13.1. The number of hydrogen-bond acceptors (Lipinski definition) is 28. The van der Waals surface area contributed by atoms with Gasteiger partial charge in [-0.25, -0.2) is 0 Å². The van der Waals surface area contributed by atoms with Crippen molar-refractivity contribution in [3.8, 4) is 0 Å². The quantitative estimate of drug-likeness (QED) is 0.0570.